The van der Waals surface area contributed by atoms with Gasteiger partial charge in [0.2, 0.25) is 0 Å². The number of hydrogen-bond acceptors (Lipinski definition) is 2. The topological polar surface area (TPSA) is 17.1 Å². The van der Waals surface area contributed by atoms with Crippen LogP contribution in [0.1, 0.15) is 26.2 Å². The molecule has 2 heteroatoms. The van der Waals surface area contributed by atoms with Crippen LogP contribution in [0.15, 0.2) is 12.2 Å². The van der Waals surface area contributed by atoms with E-state index in [0.29, 0.717) is 0 Å². The quantitative estimate of drug-likeness (QED) is 0.495. The molecule has 0 aromatic carbocycles. The highest BCUT2D eigenvalue weighted by Gasteiger charge is 2.30. The van der Waals surface area contributed by atoms with Gasteiger partial charge in [0.15, 0.2) is 0 Å². The molecule has 0 amide bonds. The van der Waals surface area contributed by atoms with Gasteiger partial charge in [-0.3, -0.25) is 0 Å². The minimum absolute atomic E-state index is 0.0161. The van der Waals surface area contributed by atoms with Gasteiger partial charge in [-0.1, -0.05) is 12.2 Å². The highest BCUT2D eigenvalue weighted by Crippen LogP contribution is 2.36. The van der Waals surface area contributed by atoms with Crippen LogP contribution in [0.4, 0.5) is 0 Å². The van der Waals surface area contributed by atoms with Gasteiger partial charge in [0.25, 0.3) is 0 Å². The SMILES string of the molecule is C/C=C/CC1(C=O)CCSCC1. The molecule has 0 radical (unpaired) electrons. The van der Waals surface area contributed by atoms with Gasteiger partial charge in [-0.2, -0.15) is 11.8 Å². The Balaban J connectivity index is 2.53. The molecule has 0 aromatic heterocycles. The van der Waals surface area contributed by atoms with Crippen LogP contribution in [-0.2, 0) is 4.79 Å². The van der Waals surface area contributed by atoms with E-state index in [1.807, 2.05) is 24.8 Å². The van der Waals surface area contributed by atoms with Crippen molar-refractivity contribution in [2.45, 2.75) is 26.2 Å². The molecule has 0 saturated carbocycles. The van der Waals surface area contributed by atoms with Crippen molar-refractivity contribution >= 4 is 18.0 Å². The van der Waals surface area contributed by atoms with Crippen LogP contribution < -0.4 is 0 Å². The summed E-state index contributed by atoms with van der Waals surface area (Å²) in [6, 6.07) is 0. The minimum Gasteiger partial charge on any atom is -0.303 e. The molecule has 12 heavy (non-hydrogen) atoms. The lowest BCUT2D eigenvalue weighted by molar-refractivity contribution is -0.116. The maximum atomic E-state index is 10.9. The van der Waals surface area contributed by atoms with Gasteiger partial charge >= 0.3 is 0 Å². The van der Waals surface area contributed by atoms with Crippen molar-refractivity contribution in [1.29, 1.82) is 0 Å². The van der Waals surface area contributed by atoms with E-state index in [1.165, 1.54) is 6.29 Å². The van der Waals surface area contributed by atoms with E-state index in [9.17, 15) is 4.79 Å². The van der Waals surface area contributed by atoms with Crippen molar-refractivity contribution in [2.75, 3.05) is 11.5 Å². The van der Waals surface area contributed by atoms with E-state index in [4.69, 9.17) is 0 Å². The van der Waals surface area contributed by atoms with Gasteiger partial charge in [0.1, 0.15) is 6.29 Å². The zero-order valence-electron chi connectivity index (χ0n) is 7.58. The number of allylic oxidation sites excluding steroid dienone is 2. The van der Waals surface area contributed by atoms with Gasteiger partial charge in [-0.15, -0.1) is 0 Å². The summed E-state index contributed by atoms with van der Waals surface area (Å²) in [5.74, 6) is 2.30. The van der Waals surface area contributed by atoms with Gasteiger partial charge in [-0.25, -0.2) is 0 Å². The number of carbonyl (C=O) groups excluding carboxylic acids is 1. The highest BCUT2D eigenvalue weighted by molar-refractivity contribution is 7.99. The number of rotatable bonds is 3. The summed E-state index contributed by atoms with van der Waals surface area (Å²) in [5.41, 5.74) is -0.0161. The second-order valence-electron chi connectivity index (χ2n) is 3.37. The highest BCUT2D eigenvalue weighted by atomic mass is 32.2. The minimum atomic E-state index is -0.0161. The third-order valence-electron chi connectivity index (χ3n) is 2.50. The van der Waals surface area contributed by atoms with Gasteiger partial charge in [0.05, 0.1) is 0 Å². The average molecular weight is 184 g/mol. The fourth-order valence-electron chi connectivity index (χ4n) is 1.50. The second-order valence-corrected chi connectivity index (χ2v) is 4.59. The molecule has 0 unspecified atom stereocenters. The normalized spacial score (nSPS) is 22.8. The number of aldehydes is 1. The van der Waals surface area contributed by atoms with Crippen molar-refractivity contribution in [3.8, 4) is 0 Å². The van der Waals surface area contributed by atoms with E-state index < -0.39 is 0 Å². The van der Waals surface area contributed by atoms with Crippen molar-refractivity contribution < 1.29 is 4.79 Å². The summed E-state index contributed by atoms with van der Waals surface area (Å²) in [6.45, 7) is 2.01. The van der Waals surface area contributed by atoms with E-state index in [2.05, 4.69) is 6.08 Å². The summed E-state index contributed by atoms with van der Waals surface area (Å²) in [5, 5.41) is 0. The van der Waals surface area contributed by atoms with Crippen molar-refractivity contribution in [3.63, 3.8) is 0 Å². The Morgan fingerprint density at radius 3 is 2.58 bits per heavy atom. The monoisotopic (exact) mass is 184 g/mol. The Morgan fingerprint density at radius 1 is 1.42 bits per heavy atom. The first-order chi connectivity index (χ1) is 5.83. The lowest BCUT2D eigenvalue weighted by Crippen LogP contribution is -2.27. The summed E-state index contributed by atoms with van der Waals surface area (Å²) in [7, 11) is 0. The summed E-state index contributed by atoms with van der Waals surface area (Å²) in [6.07, 6.45) is 8.38. The van der Waals surface area contributed by atoms with Crippen LogP contribution in [-0.4, -0.2) is 17.8 Å². The van der Waals surface area contributed by atoms with E-state index in [1.54, 1.807) is 0 Å². The maximum Gasteiger partial charge on any atom is 0.126 e. The number of hydrogen-bond donors (Lipinski definition) is 0. The zero-order valence-corrected chi connectivity index (χ0v) is 8.40. The molecule has 0 bridgehead atoms. The first-order valence-corrected chi connectivity index (χ1v) is 5.64. The summed E-state index contributed by atoms with van der Waals surface area (Å²) >= 11 is 1.96. The standard InChI is InChI=1S/C10H16OS/c1-2-3-4-10(9-11)5-7-12-8-6-10/h2-3,9H,4-8H2,1H3/b3-2+. The Kier molecular flexibility index (Phi) is 3.86. The molecule has 1 saturated heterocycles. The Hall–Kier alpha value is -0.240. The maximum absolute atomic E-state index is 10.9. The third-order valence-corrected chi connectivity index (χ3v) is 3.48. The van der Waals surface area contributed by atoms with Gasteiger partial charge in [0, 0.05) is 5.41 Å². The van der Waals surface area contributed by atoms with Gasteiger partial charge in [-0.05, 0) is 37.7 Å². The number of thioether (sulfide) groups is 1. The molecule has 1 rings (SSSR count). The molecular formula is C10H16OS. The van der Waals surface area contributed by atoms with E-state index >= 15 is 0 Å². The number of carbonyl (C=O) groups is 1. The predicted molar refractivity (Wildman–Crippen MR) is 54.5 cm³/mol. The Morgan fingerprint density at radius 2 is 2.08 bits per heavy atom. The molecule has 68 valence electrons. The molecule has 0 atom stereocenters. The molecule has 1 nitrogen and oxygen atoms in total. The zero-order chi connectivity index (χ0) is 8.86. The molecule has 0 aromatic rings. The molecule has 0 N–H and O–H groups in total. The smallest absolute Gasteiger partial charge is 0.126 e. The van der Waals surface area contributed by atoms with Crippen LogP contribution in [0.5, 0.6) is 0 Å². The molecule has 1 fully saturated rings. The van der Waals surface area contributed by atoms with Crippen molar-refractivity contribution in [2.24, 2.45) is 5.41 Å². The second kappa shape index (κ2) is 4.70. The van der Waals surface area contributed by atoms with Crippen LogP contribution in [0.3, 0.4) is 0 Å². The van der Waals surface area contributed by atoms with Crippen LogP contribution in [0.2, 0.25) is 0 Å². The molecule has 1 aliphatic rings. The lowest BCUT2D eigenvalue weighted by atomic mass is 9.80. The molecule has 1 aliphatic heterocycles. The lowest BCUT2D eigenvalue weighted by Gasteiger charge is -2.30. The predicted octanol–water partition coefficient (Wildman–Crippen LogP) is 2.66. The third kappa shape index (κ3) is 2.37. The molecule has 0 aliphatic carbocycles. The molecule has 0 spiro atoms. The Labute approximate surface area is 78.6 Å². The fourth-order valence-corrected chi connectivity index (χ4v) is 2.81. The van der Waals surface area contributed by atoms with Gasteiger partial charge < -0.3 is 4.79 Å². The first kappa shape index (κ1) is 9.85. The summed E-state index contributed by atoms with van der Waals surface area (Å²) in [4.78, 5) is 10.9. The van der Waals surface area contributed by atoms with Crippen LogP contribution in [0.25, 0.3) is 0 Å². The average Bonchev–Trinajstić information content (AvgIpc) is 2.16. The first-order valence-electron chi connectivity index (χ1n) is 4.48. The molecule has 1 heterocycles. The van der Waals surface area contributed by atoms with Crippen molar-refractivity contribution in [3.05, 3.63) is 12.2 Å². The Bertz CT molecular complexity index is 169. The van der Waals surface area contributed by atoms with Crippen LogP contribution in [0, 0.1) is 5.41 Å². The molecular weight excluding hydrogens is 168 g/mol. The summed E-state index contributed by atoms with van der Waals surface area (Å²) < 4.78 is 0. The fraction of sp³-hybridized carbons (Fsp3) is 0.700. The van der Waals surface area contributed by atoms with E-state index in [0.717, 1.165) is 30.8 Å². The van der Waals surface area contributed by atoms with Crippen LogP contribution >= 0.6 is 11.8 Å². The largest absolute Gasteiger partial charge is 0.303 e. The van der Waals surface area contributed by atoms with Crippen molar-refractivity contribution in [1.82, 2.24) is 0 Å². The van der Waals surface area contributed by atoms with E-state index in [-0.39, 0.29) is 5.41 Å².